The van der Waals surface area contributed by atoms with Crippen LogP contribution in [0.2, 0.25) is 0 Å². The zero-order valence-electron chi connectivity index (χ0n) is 7.92. The molecule has 1 aromatic heterocycles. The van der Waals surface area contributed by atoms with E-state index < -0.39 is 17.6 Å². The van der Waals surface area contributed by atoms with E-state index in [-0.39, 0.29) is 11.0 Å². The second kappa shape index (κ2) is 3.35. The van der Waals surface area contributed by atoms with Gasteiger partial charge in [0.25, 0.3) is 0 Å². The van der Waals surface area contributed by atoms with Crippen LogP contribution >= 0.6 is 0 Å². The van der Waals surface area contributed by atoms with Gasteiger partial charge in [-0.1, -0.05) is 0 Å². The maximum Gasteiger partial charge on any atom is 0.140 e. The number of nitrogens with zero attached hydrogens (tertiary/aromatic N) is 1. The second-order valence-electron chi connectivity index (χ2n) is 3.30. The Kier molecular flexibility index (Phi) is 2.16. The fourth-order valence-corrected chi connectivity index (χ4v) is 1.36. The normalized spacial score (nSPS) is 12.7. The van der Waals surface area contributed by atoms with E-state index in [1.807, 2.05) is 6.07 Å². The van der Waals surface area contributed by atoms with Crippen LogP contribution in [0.5, 0.6) is 0 Å². The van der Waals surface area contributed by atoms with Crippen LogP contribution in [0.1, 0.15) is 18.6 Å². The molecular weight excluding hydrogens is 200 g/mol. The Morgan fingerprint density at radius 1 is 1.33 bits per heavy atom. The van der Waals surface area contributed by atoms with Crippen LogP contribution in [-0.4, -0.2) is 0 Å². The molecule has 2 rings (SSSR count). The Bertz CT molecular complexity index is 553. The van der Waals surface area contributed by atoms with Crippen LogP contribution in [-0.2, 0) is 0 Å². The molecule has 0 aliphatic rings. The van der Waals surface area contributed by atoms with Crippen molar-refractivity contribution in [2.24, 2.45) is 0 Å². The molecule has 4 heteroatoms. The van der Waals surface area contributed by atoms with Crippen molar-refractivity contribution in [1.82, 2.24) is 0 Å². The average molecular weight is 207 g/mol. The van der Waals surface area contributed by atoms with E-state index in [1.165, 1.54) is 6.07 Å². The van der Waals surface area contributed by atoms with Gasteiger partial charge in [0.2, 0.25) is 0 Å². The Labute approximate surface area is 84.7 Å². The van der Waals surface area contributed by atoms with Crippen molar-refractivity contribution in [3.05, 3.63) is 35.6 Å². The predicted octanol–water partition coefficient (Wildman–Crippen LogP) is 3.34. The van der Waals surface area contributed by atoms with Gasteiger partial charge in [-0.2, -0.15) is 5.26 Å². The summed E-state index contributed by atoms with van der Waals surface area (Å²) in [5.74, 6) is -1.49. The zero-order chi connectivity index (χ0) is 11.0. The first kappa shape index (κ1) is 9.66. The minimum absolute atomic E-state index is 0.129. The molecular formula is C11H7F2NO. The van der Waals surface area contributed by atoms with E-state index in [2.05, 4.69) is 0 Å². The van der Waals surface area contributed by atoms with Crippen molar-refractivity contribution >= 4 is 11.0 Å². The molecule has 1 heterocycles. The number of rotatable bonds is 1. The SMILES string of the molecule is CC(C#N)c1cc2c(F)cc(F)cc2o1. The van der Waals surface area contributed by atoms with Crippen molar-refractivity contribution in [3.8, 4) is 6.07 Å². The summed E-state index contributed by atoms with van der Waals surface area (Å²) in [5.41, 5.74) is 0.129. The summed E-state index contributed by atoms with van der Waals surface area (Å²) in [5, 5.41) is 8.86. The molecule has 15 heavy (non-hydrogen) atoms. The molecule has 76 valence electrons. The molecule has 0 N–H and O–H groups in total. The van der Waals surface area contributed by atoms with E-state index in [0.29, 0.717) is 5.76 Å². The summed E-state index contributed by atoms with van der Waals surface area (Å²) in [6.07, 6.45) is 0. The molecule has 1 atom stereocenters. The van der Waals surface area contributed by atoms with Gasteiger partial charge in [0.15, 0.2) is 0 Å². The molecule has 2 nitrogen and oxygen atoms in total. The fraction of sp³-hybridized carbons (Fsp3) is 0.182. The lowest BCUT2D eigenvalue weighted by Gasteiger charge is -1.93. The van der Waals surface area contributed by atoms with E-state index in [4.69, 9.17) is 9.68 Å². The van der Waals surface area contributed by atoms with Gasteiger partial charge in [-0.25, -0.2) is 8.78 Å². The summed E-state index contributed by atoms with van der Waals surface area (Å²) in [4.78, 5) is 0. The van der Waals surface area contributed by atoms with Gasteiger partial charge in [0.1, 0.15) is 28.9 Å². The van der Waals surface area contributed by atoms with E-state index in [0.717, 1.165) is 12.1 Å². The van der Waals surface area contributed by atoms with Gasteiger partial charge in [-0.05, 0) is 13.0 Å². The van der Waals surface area contributed by atoms with Crippen molar-refractivity contribution < 1.29 is 13.2 Å². The molecule has 0 fully saturated rings. The van der Waals surface area contributed by atoms with Crippen LogP contribution in [0.15, 0.2) is 22.6 Å². The van der Waals surface area contributed by atoms with Gasteiger partial charge >= 0.3 is 0 Å². The highest BCUT2D eigenvalue weighted by Crippen LogP contribution is 2.27. The number of hydrogen-bond acceptors (Lipinski definition) is 2. The lowest BCUT2D eigenvalue weighted by atomic mass is 10.1. The largest absolute Gasteiger partial charge is 0.459 e. The first-order valence-electron chi connectivity index (χ1n) is 4.40. The quantitative estimate of drug-likeness (QED) is 0.719. The summed E-state index contributed by atoms with van der Waals surface area (Å²) in [6, 6.07) is 5.29. The standard InChI is InChI=1S/C11H7F2NO/c1-6(5-14)10-4-8-9(13)2-7(12)3-11(8)15-10/h2-4,6H,1H3. The Balaban J connectivity index is 2.66. The zero-order valence-corrected chi connectivity index (χ0v) is 7.92. The number of fused-ring (bicyclic) bond motifs is 1. The molecule has 0 saturated carbocycles. The molecule has 0 saturated heterocycles. The van der Waals surface area contributed by atoms with Crippen molar-refractivity contribution in [3.63, 3.8) is 0 Å². The van der Waals surface area contributed by atoms with Gasteiger partial charge in [-0.15, -0.1) is 0 Å². The van der Waals surface area contributed by atoms with Crippen molar-refractivity contribution in [2.45, 2.75) is 12.8 Å². The number of benzene rings is 1. The smallest absolute Gasteiger partial charge is 0.140 e. The number of hydrogen-bond donors (Lipinski definition) is 0. The monoisotopic (exact) mass is 207 g/mol. The molecule has 0 amide bonds. The average Bonchev–Trinajstić information content (AvgIpc) is 2.60. The van der Waals surface area contributed by atoms with Gasteiger partial charge in [0.05, 0.1) is 11.5 Å². The van der Waals surface area contributed by atoms with Crippen molar-refractivity contribution in [2.75, 3.05) is 0 Å². The molecule has 0 aliphatic heterocycles. The fourth-order valence-electron chi connectivity index (χ4n) is 1.36. The Morgan fingerprint density at radius 3 is 2.73 bits per heavy atom. The molecule has 0 bridgehead atoms. The third-order valence-electron chi connectivity index (χ3n) is 2.19. The van der Waals surface area contributed by atoms with Crippen LogP contribution in [0, 0.1) is 23.0 Å². The first-order chi connectivity index (χ1) is 7.11. The van der Waals surface area contributed by atoms with Gasteiger partial charge < -0.3 is 4.42 Å². The maximum absolute atomic E-state index is 13.2. The topological polar surface area (TPSA) is 36.9 Å². The van der Waals surface area contributed by atoms with E-state index >= 15 is 0 Å². The summed E-state index contributed by atoms with van der Waals surface area (Å²) >= 11 is 0. The lowest BCUT2D eigenvalue weighted by molar-refractivity contribution is 0.533. The molecule has 0 radical (unpaired) electrons. The minimum atomic E-state index is -0.689. The van der Waals surface area contributed by atoms with Crippen molar-refractivity contribution in [1.29, 1.82) is 5.26 Å². The summed E-state index contributed by atoms with van der Waals surface area (Å²) in [6.45, 7) is 1.63. The molecule has 0 spiro atoms. The number of nitriles is 1. The summed E-state index contributed by atoms with van der Waals surface area (Å²) in [7, 11) is 0. The summed E-state index contributed by atoms with van der Waals surface area (Å²) < 4.78 is 31.2. The highest BCUT2D eigenvalue weighted by molar-refractivity contribution is 5.78. The van der Waals surface area contributed by atoms with Crippen LogP contribution in [0.3, 0.4) is 0 Å². The van der Waals surface area contributed by atoms with Gasteiger partial charge in [0, 0.05) is 12.1 Å². The predicted molar refractivity (Wildman–Crippen MR) is 50.2 cm³/mol. The molecule has 1 unspecified atom stereocenters. The van der Waals surface area contributed by atoms with Crippen LogP contribution in [0.25, 0.3) is 11.0 Å². The lowest BCUT2D eigenvalue weighted by Crippen LogP contribution is -1.83. The van der Waals surface area contributed by atoms with Gasteiger partial charge in [-0.3, -0.25) is 0 Å². The molecule has 2 aromatic rings. The minimum Gasteiger partial charge on any atom is -0.459 e. The van der Waals surface area contributed by atoms with E-state index in [1.54, 1.807) is 6.92 Å². The molecule has 0 aliphatic carbocycles. The van der Waals surface area contributed by atoms with Crippen LogP contribution < -0.4 is 0 Å². The molecule has 1 aromatic carbocycles. The third-order valence-corrected chi connectivity index (χ3v) is 2.19. The number of furan rings is 1. The number of halogens is 2. The second-order valence-corrected chi connectivity index (χ2v) is 3.30. The van der Waals surface area contributed by atoms with Crippen LogP contribution in [0.4, 0.5) is 8.78 Å². The maximum atomic E-state index is 13.2. The third kappa shape index (κ3) is 1.57. The first-order valence-corrected chi connectivity index (χ1v) is 4.40. The van der Waals surface area contributed by atoms with E-state index in [9.17, 15) is 8.78 Å². The highest BCUT2D eigenvalue weighted by Gasteiger charge is 2.14. The Hall–Kier alpha value is -1.89. The highest BCUT2D eigenvalue weighted by atomic mass is 19.1. The Morgan fingerprint density at radius 2 is 2.07 bits per heavy atom.